The molecule has 3 rings (SSSR count). The van der Waals surface area contributed by atoms with Crippen LogP contribution in [-0.2, 0) is 9.59 Å². The molecule has 0 aliphatic carbocycles. The van der Waals surface area contributed by atoms with Crippen LogP contribution in [0.15, 0.2) is 42.6 Å². The Bertz CT molecular complexity index is 842. The molecule has 1 N–H and O–H groups in total. The van der Waals surface area contributed by atoms with Crippen LogP contribution in [-0.4, -0.2) is 28.9 Å². The summed E-state index contributed by atoms with van der Waals surface area (Å²) >= 11 is 0. The number of anilines is 2. The first-order valence-electron chi connectivity index (χ1n) is 8.49. The second kappa shape index (κ2) is 7.11. The van der Waals surface area contributed by atoms with E-state index in [-0.39, 0.29) is 5.69 Å². The van der Waals surface area contributed by atoms with Crippen LogP contribution in [0.25, 0.3) is 0 Å². The fraction of sp³-hybridized carbons (Fsp3) is 0.316. The van der Waals surface area contributed by atoms with Gasteiger partial charge in [0.2, 0.25) is 0 Å². The summed E-state index contributed by atoms with van der Waals surface area (Å²) in [4.78, 5) is 31.5. The first-order valence-corrected chi connectivity index (χ1v) is 8.49. The van der Waals surface area contributed by atoms with Crippen molar-refractivity contribution in [2.75, 3.05) is 16.8 Å². The normalized spacial score (nSPS) is 18.9. The Balaban J connectivity index is 1.94. The van der Waals surface area contributed by atoms with Gasteiger partial charge in [0, 0.05) is 12.7 Å². The Kier molecular flexibility index (Phi) is 4.88. The van der Waals surface area contributed by atoms with Gasteiger partial charge in [0.05, 0.1) is 5.69 Å². The largest absolute Gasteiger partial charge is 0.464 e. The molecule has 0 radical (unpaired) electrons. The number of benzene rings is 1. The van der Waals surface area contributed by atoms with E-state index in [2.05, 4.69) is 10.3 Å². The quantitative estimate of drug-likeness (QED) is 0.835. The maximum Gasteiger partial charge on any atom is 0.282 e. The number of nitrogens with one attached hydrogen (secondary N) is 1. The number of unbranched alkanes of at least 4 members (excludes halogenated alkanes) is 1. The van der Waals surface area contributed by atoms with Crippen molar-refractivity contribution < 1.29 is 18.7 Å². The molecule has 26 heavy (non-hydrogen) atoms. The van der Waals surface area contributed by atoms with Crippen molar-refractivity contribution in [3.05, 3.63) is 48.4 Å². The van der Waals surface area contributed by atoms with Crippen molar-refractivity contribution in [1.29, 1.82) is 0 Å². The molecule has 2 amide bonds. The summed E-state index contributed by atoms with van der Waals surface area (Å²) < 4.78 is 19.6. The van der Waals surface area contributed by atoms with Gasteiger partial charge in [-0.05, 0) is 37.6 Å². The van der Waals surface area contributed by atoms with Crippen LogP contribution in [0, 0.1) is 5.82 Å². The van der Waals surface area contributed by atoms with Gasteiger partial charge in [0.25, 0.3) is 17.4 Å². The molecule has 0 fully saturated rings. The van der Waals surface area contributed by atoms with Gasteiger partial charge in [0.1, 0.15) is 5.82 Å². The van der Waals surface area contributed by atoms with E-state index >= 15 is 0 Å². The molecule has 2 aromatic rings. The average Bonchev–Trinajstić information content (AvgIpc) is 2.64. The van der Waals surface area contributed by atoms with Gasteiger partial charge in [-0.2, -0.15) is 0 Å². The van der Waals surface area contributed by atoms with Gasteiger partial charge in [0.15, 0.2) is 11.6 Å². The number of carbonyl (C=O) groups excluding carboxylic acids is 2. The summed E-state index contributed by atoms with van der Waals surface area (Å²) in [5, 5.41) is 2.45. The van der Waals surface area contributed by atoms with Crippen LogP contribution in [0.3, 0.4) is 0 Å². The molecule has 0 saturated carbocycles. The number of hydrogen-bond acceptors (Lipinski definition) is 4. The summed E-state index contributed by atoms with van der Waals surface area (Å²) in [5.41, 5.74) is -1.82. The summed E-state index contributed by atoms with van der Waals surface area (Å²) in [5.74, 6) is -1.11. The summed E-state index contributed by atoms with van der Waals surface area (Å²) in [6.07, 6.45) is 3.20. The lowest BCUT2D eigenvalue weighted by atomic mass is 10.0. The van der Waals surface area contributed by atoms with Crippen molar-refractivity contribution in [2.45, 2.75) is 32.3 Å². The Labute approximate surface area is 151 Å². The van der Waals surface area contributed by atoms with Crippen molar-refractivity contribution in [3.8, 4) is 5.75 Å². The van der Waals surface area contributed by atoms with Crippen molar-refractivity contribution in [2.24, 2.45) is 0 Å². The maximum atomic E-state index is 13.9. The van der Waals surface area contributed by atoms with E-state index in [0.29, 0.717) is 18.1 Å². The Morgan fingerprint density at radius 3 is 2.81 bits per heavy atom. The van der Waals surface area contributed by atoms with E-state index in [1.165, 1.54) is 30.0 Å². The summed E-state index contributed by atoms with van der Waals surface area (Å²) in [6.45, 7) is 3.82. The number of amides is 2. The molecule has 6 nitrogen and oxygen atoms in total. The highest BCUT2D eigenvalue weighted by molar-refractivity contribution is 6.19. The number of hydrogen-bond donors (Lipinski definition) is 1. The number of carbonyl (C=O) groups is 2. The second-order valence-electron chi connectivity index (χ2n) is 6.20. The van der Waals surface area contributed by atoms with Crippen molar-refractivity contribution in [1.82, 2.24) is 4.98 Å². The molecule has 1 aromatic heterocycles. The SMILES string of the molecule is CCCCN1C(=O)[C@@](C)(C(=O)Nc2ccccc2F)Oc2cccnc21. The molecule has 1 atom stereocenters. The highest BCUT2D eigenvalue weighted by Crippen LogP contribution is 2.36. The van der Waals surface area contributed by atoms with Crippen LogP contribution in [0.5, 0.6) is 5.75 Å². The molecule has 0 bridgehead atoms. The fourth-order valence-corrected chi connectivity index (χ4v) is 2.75. The second-order valence-corrected chi connectivity index (χ2v) is 6.20. The van der Waals surface area contributed by atoms with Gasteiger partial charge in [-0.1, -0.05) is 25.5 Å². The van der Waals surface area contributed by atoms with Gasteiger partial charge >= 0.3 is 0 Å². The lowest BCUT2D eigenvalue weighted by molar-refractivity contribution is -0.145. The minimum atomic E-state index is -1.81. The summed E-state index contributed by atoms with van der Waals surface area (Å²) in [6, 6.07) is 9.09. The third kappa shape index (κ3) is 3.12. The molecule has 1 aromatic carbocycles. The molecule has 136 valence electrons. The van der Waals surface area contributed by atoms with Gasteiger partial charge in [-0.15, -0.1) is 0 Å². The zero-order chi connectivity index (χ0) is 18.7. The molecular formula is C19H20FN3O3. The third-order valence-electron chi connectivity index (χ3n) is 4.26. The van der Waals surface area contributed by atoms with Crippen molar-refractivity contribution >= 4 is 23.3 Å². The highest BCUT2D eigenvalue weighted by Gasteiger charge is 2.51. The molecule has 7 heteroatoms. The predicted molar refractivity (Wildman–Crippen MR) is 95.6 cm³/mol. The smallest absolute Gasteiger partial charge is 0.282 e. The maximum absolute atomic E-state index is 13.9. The molecule has 0 spiro atoms. The van der Waals surface area contributed by atoms with Crippen LogP contribution in [0.2, 0.25) is 0 Å². The van der Waals surface area contributed by atoms with E-state index in [9.17, 15) is 14.0 Å². The predicted octanol–water partition coefficient (Wildman–Crippen LogP) is 3.14. The van der Waals surface area contributed by atoms with Gasteiger partial charge in [-0.3, -0.25) is 14.5 Å². The average molecular weight is 357 g/mol. The first kappa shape index (κ1) is 17.8. The van der Waals surface area contributed by atoms with Crippen LogP contribution in [0.1, 0.15) is 26.7 Å². The lowest BCUT2D eigenvalue weighted by Crippen LogP contribution is -2.61. The van der Waals surface area contributed by atoms with E-state index in [0.717, 1.165) is 12.8 Å². The third-order valence-corrected chi connectivity index (χ3v) is 4.26. The summed E-state index contributed by atoms with van der Waals surface area (Å²) in [7, 11) is 0. The number of rotatable bonds is 5. The molecule has 0 unspecified atom stereocenters. The Morgan fingerprint density at radius 1 is 1.31 bits per heavy atom. The Hall–Kier alpha value is -2.96. The van der Waals surface area contributed by atoms with Gasteiger partial charge < -0.3 is 10.1 Å². The molecule has 1 aliphatic rings. The number of halogens is 1. The monoisotopic (exact) mass is 357 g/mol. The van der Waals surface area contributed by atoms with Crippen LogP contribution < -0.4 is 15.0 Å². The van der Waals surface area contributed by atoms with Crippen LogP contribution >= 0.6 is 0 Å². The molecule has 0 saturated heterocycles. The number of fused-ring (bicyclic) bond motifs is 1. The minimum absolute atomic E-state index is 0.00721. The number of ether oxygens (including phenoxy) is 1. The zero-order valence-electron chi connectivity index (χ0n) is 14.7. The number of para-hydroxylation sites is 1. The number of aromatic nitrogens is 1. The number of pyridine rings is 1. The van der Waals surface area contributed by atoms with Crippen molar-refractivity contribution in [3.63, 3.8) is 0 Å². The fourth-order valence-electron chi connectivity index (χ4n) is 2.75. The van der Waals surface area contributed by atoms with E-state index in [4.69, 9.17) is 4.74 Å². The van der Waals surface area contributed by atoms with Gasteiger partial charge in [-0.25, -0.2) is 9.37 Å². The topological polar surface area (TPSA) is 71.5 Å². The molecule has 2 heterocycles. The zero-order valence-corrected chi connectivity index (χ0v) is 14.7. The highest BCUT2D eigenvalue weighted by atomic mass is 19.1. The van der Waals surface area contributed by atoms with E-state index in [1.54, 1.807) is 24.4 Å². The number of nitrogens with zero attached hydrogens (tertiary/aromatic N) is 2. The molecular weight excluding hydrogens is 337 g/mol. The standard InChI is InChI=1S/C19H20FN3O3/c1-3-4-12-23-16-15(10-7-11-21-16)26-19(2,18(23)25)17(24)22-14-9-6-5-8-13(14)20/h5-11H,3-4,12H2,1-2H3,(H,22,24)/t19-/m1/s1. The van der Waals surface area contributed by atoms with E-state index in [1.807, 2.05) is 6.92 Å². The Morgan fingerprint density at radius 2 is 2.08 bits per heavy atom. The van der Waals surface area contributed by atoms with E-state index < -0.39 is 23.2 Å². The molecule has 1 aliphatic heterocycles. The first-order chi connectivity index (χ1) is 12.5. The van der Waals surface area contributed by atoms with Crippen LogP contribution in [0.4, 0.5) is 15.9 Å². The lowest BCUT2D eigenvalue weighted by Gasteiger charge is -2.38. The minimum Gasteiger partial charge on any atom is -0.464 e.